The predicted octanol–water partition coefficient (Wildman–Crippen LogP) is 5.84. The summed E-state index contributed by atoms with van der Waals surface area (Å²) in [5, 5.41) is 2.39. The van der Waals surface area contributed by atoms with Crippen molar-refractivity contribution >= 4 is 21.9 Å². The summed E-state index contributed by atoms with van der Waals surface area (Å²) in [6.07, 6.45) is 6.84. The second kappa shape index (κ2) is 5.20. The van der Waals surface area contributed by atoms with E-state index in [1.807, 2.05) is 6.20 Å². The van der Waals surface area contributed by atoms with Crippen molar-refractivity contribution in [2.24, 2.45) is 0 Å². The molecule has 2 aromatic heterocycles. The van der Waals surface area contributed by atoms with E-state index >= 15 is 0 Å². The first kappa shape index (κ1) is 13.8. The highest BCUT2D eigenvalue weighted by molar-refractivity contribution is 6.09. The molecule has 2 heteroatoms. The smallest absolute Gasteiger partial charge is 0.161 e. The summed E-state index contributed by atoms with van der Waals surface area (Å²) < 4.78 is 6.27. The summed E-state index contributed by atoms with van der Waals surface area (Å²) in [5.74, 6) is 0. The van der Waals surface area contributed by atoms with Crippen molar-refractivity contribution in [3.05, 3.63) is 65.4 Å². The maximum atomic E-state index is 6.27. The fourth-order valence-electron chi connectivity index (χ4n) is 3.85. The zero-order valence-electron chi connectivity index (χ0n) is 13.8. The third-order valence-electron chi connectivity index (χ3n) is 5.18. The summed E-state index contributed by atoms with van der Waals surface area (Å²) >= 11 is 0. The molecule has 2 nitrogen and oxygen atoms in total. The zero-order valence-corrected chi connectivity index (χ0v) is 13.8. The molecule has 0 N–H and O–H groups in total. The van der Waals surface area contributed by atoms with Gasteiger partial charge in [0.25, 0.3) is 0 Å². The minimum atomic E-state index is 0.902. The van der Waals surface area contributed by atoms with Crippen LogP contribution in [0.25, 0.3) is 33.2 Å². The molecule has 0 saturated carbocycles. The molecule has 0 fully saturated rings. The number of benzene rings is 2. The normalized spacial score (nSPS) is 14.2. The Morgan fingerprint density at radius 1 is 0.875 bits per heavy atom. The van der Waals surface area contributed by atoms with Gasteiger partial charge in [-0.15, -0.1) is 0 Å². The van der Waals surface area contributed by atoms with Crippen LogP contribution in [-0.4, -0.2) is 4.98 Å². The number of pyridine rings is 1. The van der Waals surface area contributed by atoms with Crippen LogP contribution in [0.3, 0.4) is 0 Å². The lowest BCUT2D eigenvalue weighted by molar-refractivity contribution is 0.659. The monoisotopic (exact) mass is 313 g/mol. The van der Waals surface area contributed by atoms with Gasteiger partial charge >= 0.3 is 0 Å². The Morgan fingerprint density at radius 2 is 1.62 bits per heavy atom. The molecule has 5 rings (SSSR count). The van der Waals surface area contributed by atoms with Gasteiger partial charge in [0.2, 0.25) is 0 Å². The van der Waals surface area contributed by atoms with Crippen molar-refractivity contribution in [2.75, 3.05) is 0 Å². The lowest BCUT2D eigenvalue weighted by atomic mass is 9.90. The van der Waals surface area contributed by atoms with Crippen molar-refractivity contribution in [2.45, 2.75) is 32.6 Å². The number of aryl methyl sites for hydroxylation is 3. The van der Waals surface area contributed by atoms with Crippen LogP contribution in [0.1, 0.15) is 29.5 Å². The minimum absolute atomic E-state index is 0.902. The summed E-state index contributed by atoms with van der Waals surface area (Å²) in [4.78, 5) is 4.61. The van der Waals surface area contributed by atoms with E-state index in [1.54, 1.807) is 0 Å². The van der Waals surface area contributed by atoms with Crippen molar-refractivity contribution in [1.82, 2.24) is 4.98 Å². The van der Waals surface area contributed by atoms with Gasteiger partial charge in [-0.1, -0.05) is 29.8 Å². The highest BCUT2D eigenvalue weighted by Crippen LogP contribution is 2.37. The highest BCUT2D eigenvalue weighted by Gasteiger charge is 2.17. The van der Waals surface area contributed by atoms with Gasteiger partial charge in [-0.25, -0.2) is 0 Å². The van der Waals surface area contributed by atoms with E-state index in [0.29, 0.717) is 0 Å². The third kappa shape index (κ3) is 2.06. The Balaban J connectivity index is 1.79. The molecule has 1 aliphatic carbocycles. The molecular formula is C22H19NO. The van der Waals surface area contributed by atoms with Crippen LogP contribution in [-0.2, 0) is 12.8 Å². The van der Waals surface area contributed by atoms with Crippen LogP contribution in [0.15, 0.2) is 53.1 Å². The molecule has 0 radical (unpaired) electrons. The third-order valence-corrected chi connectivity index (χ3v) is 5.18. The first-order valence-corrected chi connectivity index (χ1v) is 8.70. The molecule has 118 valence electrons. The molecule has 1 aliphatic rings. The molecule has 0 aliphatic heterocycles. The van der Waals surface area contributed by atoms with E-state index in [1.165, 1.54) is 53.1 Å². The summed E-state index contributed by atoms with van der Waals surface area (Å²) in [5.41, 5.74) is 8.13. The van der Waals surface area contributed by atoms with Crippen LogP contribution < -0.4 is 0 Å². The average Bonchev–Trinajstić information content (AvgIpc) is 2.98. The number of hydrogen-bond acceptors (Lipinski definition) is 2. The van der Waals surface area contributed by atoms with Gasteiger partial charge in [0.15, 0.2) is 5.58 Å². The number of fused-ring (bicyclic) bond motifs is 4. The molecule has 2 heterocycles. The van der Waals surface area contributed by atoms with Gasteiger partial charge in [-0.2, -0.15) is 0 Å². The highest BCUT2D eigenvalue weighted by atomic mass is 16.3. The van der Waals surface area contributed by atoms with Crippen LogP contribution >= 0.6 is 0 Å². The van der Waals surface area contributed by atoms with E-state index in [9.17, 15) is 0 Å². The Morgan fingerprint density at radius 3 is 2.42 bits per heavy atom. The standard InChI is InChI=1S/C22H19NO/c1-14-6-8-15(9-7-14)21-22-18(10-11-23-21)19-12-16-4-2-3-5-17(16)13-20(19)24-22/h6-13H,2-5H2,1H3. The van der Waals surface area contributed by atoms with Crippen LogP contribution in [0.5, 0.6) is 0 Å². The molecular weight excluding hydrogens is 294 g/mol. The van der Waals surface area contributed by atoms with Gasteiger partial charge < -0.3 is 4.42 Å². The largest absolute Gasteiger partial charge is 0.454 e. The van der Waals surface area contributed by atoms with Crippen molar-refractivity contribution in [3.8, 4) is 11.3 Å². The van der Waals surface area contributed by atoms with E-state index in [4.69, 9.17) is 4.42 Å². The predicted molar refractivity (Wildman–Crippen MR) is 98.3 cm³/mol. The van der Waals surface area contributed by atoms with E-state index in [0.717, 1.165) is 22.4 Å². The molecule has 2 aromatic carbocycles. The zero-order chi connectivity index (χ0) is 16.1. The number of furan rings is 1. The number of nitrogens with zero attached hydrogens (tertiary/aromatic N) is 1. The Labute approximate surface area is 141 Å². The van der Waals surface area contributed by atoms with Crippen LogP contribution in [0.2, 0.25) is 0 Å². The summed E-state index contributed by atoms with van der Waals surface area (Å²) in [7, 11) is 0. The van der Waals surface area contributed by atoms with Gasteiger partial charge in [-0.3, -0.25) is 4.98 Å². The molecule has 0 atom stereocenters. The maximum absolute atomic E-state index is 6.27. The quantitative estimate of drug-likeness (QED) is 0.441. The molecule has 0 spiro atoms. The lowest BCUT2D eigenvalue weighted by Crippen LogP contribution is -2.01. The molecule has 24 heavy (non-hydrogen) atoms. The molecule has 0 bridgehead atoms. The Bertz CT molecular complexity index is 1060. The summed E-state index contributed by atoms with van der Waals surface area (Å²) in [6.45, 7) is 2.10. The minimum Gasteiger partial charge on any atom is -0.454 e. The van der Waals surface area contributed by atoms with E-state index < -0.39 is 0 Å². The van der Waals surface area contributed by atoms with Crippen molar-refractivity contribution in [1.29, 1.82) is 0 Å². The molecule has 0 saturated heterocycles. The molecule has 0 unspecified atom stereocenters. The first-order valence-electron chi connectivity index (χ1n) is 8.70. The number of hydrogen-bond donors (Lipinski definition) is 0. The number of aromatic nitrogens is 1. The van der Waals surface area contributed by atoms with Crippen LogP contribution in [0, 0.1) is 6.92 Å². The number of rotatable bonds is 1. The van der Waals surface area contributed by atoms with Crippen molar-refractivity contribution in [3.63, 3.8) is 0 Å². The fourth-order valence-corrected chi connectivity index (χ4v) is 3.85. The summed E-state index contributed by atoms with van der Waals surface area (Å²) in [6, 6.07) is 15.2. The van der Waals surface area contributed by atoms with Gasteiger partial charge in [0.05, 0.1) is 0 Å². The first-order chi connectivity index (χ1) is 11.8. The second-order valence-electron chi connectivity index (χ2n) is 6.83. The second-order valence-corrected chi connectivity index (χ2v) is 6.83. The maximum Gasteiger partial charge on any atom is 0.161 e. The molecule has 4 aromatic rings. The van der Waals surface area contributed by atoms with E-state index in [-0.39, 0.29) is 0 Å². The lowest BCUT2D eigenvalue weighted by Gasteiger charge is -2.14. The topological polar surface area (TPSA) is 26.0 Å². The average molecular weight is 313 g/mol. The molecule has 0 amide bonds. The van der Waals surface area contributed by atoms with E-state index in [2.05, 4.69) is 54.4 Å². The fraction of sp³-hybridized carbons (Fsp3) is 0.227. The van der Waals surface area contributed by atoms with Crippen LogP contribution in [0.4, 0.5) is 0 Å². The van der Waals surface area contributed by atoms with Gasteiger partial charge in [0, 0.05) is 22.5 Å². The van der Waals surface area contributed by atoms with Gasteiger partial charge in [0.1, 0.15) is 11.3 Å². The van der Waals surface area contributed by atoms with Crippen molar-refractivity contribution < 1.29 is 4.42 Å². The van der Waals surface area contributed by atoms with Gasteiger partial charge in [-0.05, 0) is 61.9 Å². The Hall–Kier alpha value is -2.61. The SMILES string of the molecule is Cc1ccc(-c2nccc3c2oc2cc4c(cc23)CCCC4)cc1. The Kier molecular flexibility index (Phi) is 2.99.